The normalized spacial score (nSPS) is 15.4. The number of carbonyl (C=O) groups excluding carboxylic acids is 1. The molecule has 0 fully saturated rings. The molecule has 2 atom stereocenters. The molecule has 3 nitrogen and oxygen atoms in total. The number of thioether (sulfide) groups is 1. The summed E-state index contributed by atoms with van der Waals surface area (Å²) in [6.45, 7) is 1.00. The first-order valence-corrected chi connectivity index (χ1v) is 8.69. The molecular weight excluding hydrogens is 349 g/mol. The van der Waals surface area contributed by atoms with Crippen LogP contribution >= 0.6 is 11.8 Å². The predicted molar refractivity (Wildman–Crippen MR) is 94.2 cm³/mol. The Kier molecular flexibility index (Phi) is 5.49. The van der Waals surface area contributed by atoms with Crippen molar-refractivity contribution in [2.75, 3.05) is 6.26 Å². The highest BCUT2D eigenvalue weighted by Crippen LogP contribution is 2.41. The van der Waals surface area contributed by atoms with Gasteiger partial charge in [-0.1, -0.05) is 36.4 Å². The number of halogens is 3. The van der Waals surface area contributed by atoms with Crippen LogP contribution in [0.15, 0.2) is 53.4 Å². The van der Waals surface area contributed by atoms with Crippen LogP contribution in [0.25, 0.3) is 11.1 Å². The first-order valence-electron chi connectivity index (χ1n) is 7.47. The SMILES string of the molecule is CSc1ccc(-c2ccc(C(C(F)(F)F)[C@@](C)(N)C(N)=O)cc2)cc1. The van der Waals surface area contributed by atoms with Crippen LogP contribution in [0.1, 0.15) is 18.4 Å². The minimum atomic E-state index is -4.69. The van der Waals surface area contributed by atoms with Gasteiger partial charge in [-0.25, -0.2) is 0 Å². The molecule has 0 aliphatic heterocycles. The van der Waals surface area contributed by atoms with Gasteiger partial charge in [0.25, 0.3) is 0 Å². The quantitative estimate of drug-likeness (QED) is 0.786. The minimum Gasteiger partial charge on any atom is -0.368 e. The molecule has 7 heteroatoms. The van der Waals surface area contributed by atoms with Gasteiger partial charge in [-0.15, -0.1) is 11.8 Å². The van der Waals surface area contributed by atoms with Crippen molar-refractivity contribution in [2.24, 2.45) is 11.5 Å². The van der Waals surface area contributed by atoms with Crippen LogP contribution in [-0.4, -0.2) is 23.9 Å². The molecule has 2 aromatic rings. The summed E-state index contributed by atoms with van der Waals surface area (Å²) in [5.41, 5.74) is 10.0. The van der Waals surface area contributed by atoms with Crippen molar-refractivity contribution in [3.8, 4) is 11.1 Å². The van der Waals surface area contributed by atoms with Crippen LogP contribution < -0.4 is 11.5 Å². The van der Waals surface area contributed by atoms with E-state index in [2.05, 4.69) is 0 Å². The minimum absolute atomic E-state index is 0.0965. The van der Waals surface area contributed by atoms with E-state index in [1.165, 1.54) is 12.1 Å². The molecule has 0 aliphatic carbocycles. The summed E-state index contributed by atoms with van der Waals surface area (Å²) in [5, 5.41) is 0. The highest BCUT2D eigenvalue weighted by Gasteiger charge is 2.53. The average Bonchev–Trinajstić information content (AvgIpc) is 2.54. The number of nitrogens with two attached hydrogens (primary N) is 2. The molecule has 1 unspecified atom stereocenters. The topological polar surface area (TPSA) is 69.1 Å². The molecule has 0 spiro atoms. The standard InChI is InChI=1S/C18H19F3N2OS/c1-17(23,16(22)24)15(18(19,20)21)13-5-3-11(4-6-13)12-7-9-14(25-2)10-8-12/h3-10,15H,23H2,1-2H3,(H2,22,24)/t15?,17-/m1/s1. The second kappa shape index (κ2) is 7.09. The van der Waals surface area contributed by atoms with E-state index < -0.39 is 23.5 Å². The average molecular weight is 368 g/mol. The van der Waals surface area contributed by atoms with Crippen LogP contribution in [0.4, 0.5) is 13.2 Å². The summed E-state index contributed by atoms with van der Waals surface area (Å²) in [7, 11) is 0. The lowest BCUT2D eigenvalue weighted by molar-refractivity contribution is -0.169. The number of amides is 1. The highest BCUT2D eigenvalue weighted by molar-refractivity contribution is 7.98. The number of rotatable bonds is 5. The zero-order chi connectivity index (χ0) is 18.8. The number of benzene rings is 2. The number of hydrogen-bond acceptors (Lipinski definition) is 3. The summed E-state index contributed by atoms with van der Waals surface area (Å²) in [6, 6.07) is 13.5. The molecule has 25 heavy (non-hydrogen) atoms. The maximum atomic E-state index is 13.5. The van der Waals surface area contributed by atoms with Gasteiger partial charge in [-0.2, -0.15) is 13.2 Å². The molecular formula is C18H19F3N2OS. The molecule has 0 saturated carbocycles. The zero-order valence-corrected chi connectivity index (χ0v) is 14.6. The van der Waals surface area contributed by atoms with Gasteiger partial charge in [0.15, 0.2) is 0 Å². The van der Waals surface area contributed by atoms with Gasteiger partial charge >= 0.3 is 6.18 Å². The molecule has 2 rings (SSSR count). The van der Waals surface area contributed by atoms with Gasteiger partial charge in [0, 0.05) is 4.90 Å². The second-order valence-electron chi connectivity index (χ2n) is 5.97. The second-order valence-corrected chi connectivity index (χ2v) is 6.85. The Bertz CT molecular complexity index is 740. The number of primary amides is 1. The fourth-order valence-electron chi connectivity index (χ4n) is 2.67. The lowest BCUT2D eigenvalue weighted by atomic mass is 9.79. The van der Waals surface area contributed by atoms with Gasteiger partial charge in [-0.3, -0.25) is 4.79 Å². The fraction of sp³-hybridized carbons (Fsp3) is 0.278. The van der Waals surface area contributed by atoms with Gasteiger partial charge < -0.3 is 11.5 Å². The van der Waals surface area contributed by atoms with Crippen molar-refractivity contribution in [3.63, 3.8) is 0 Å². The van der Waals surface area contributed by atoms with E-state index >= 15 is 0 Å². The molecule has 0 saturated heterocycles. The van der Waals surface area contributed by atoms with Crippen LogP contribution in [0.2, 0.25) is 0 Å². The molecule has 1 amide bonds. The molecule has 4 N–H and O–H groups in total. The van der Waals surface area contributed by atoms with Crippen molar-refractivity contribution in [1.29, 1.82) is 0 Å². The van der Waals surface area contributed by atoms with Crippen molar-refractivity contribution in [1.82, 2.24) is 0 Å². The molecule has 0 bridgehead atoms. The summed E-state index contributed by atoms with van der Waals surface area (Å²) < 4.78 is 40.4. The maximum absolute atomic E-state index is 13.5. The van der Waals surface area contributed by atoms with Gasteiger partial charge in [0.05, 0.1) is 0 Å². The molecule has 2 aromatic carbocycles. The predicted octanol–water partition coefficient (Wildman–Crippen LogP) is 3.92. The van der Waals surface area contributed by atoms with Crippen molar-refractivity contribution in [3.05, 3.63) is 54.1 Å². The fourth-order valence-corrected chi connectivity index (χ4v) is 3.08. The Hall–Kier alpha value is -1.99. The Balaban J connectivity index is 2.40. The monoisotopic (exact) mass is 368 g/mol. The smallest absolute Gasteiger partial charge is 0.368 e. The van der Waals surface area contributed by atoms with Crippen molar-refractivity contribution >= 4 is 17.7 Å². The van der Waals surface area contributed by atoms with Crippen LogP contribution in [0.3, 0.4) is 0 Å². The number of hydrogen-bond donors (Lipinski definition) is 2. The third-order valence-corrected chi connectivity index (χ3v) is 4.87. The van der Waals surface area contributed by atoms with Crippen molar-refractivity contribution < 1.29 is 18.0 Å². The van der Waals surface area contributed by atoms with Gasteiger partial charge in [0.2, 0.25) is 5.91 Å². The molecule has 134 valence electrons. The third kappa shape index (κ3) is 4.16. The Labute approximate surface area is 148 Å². The Morgan fingerprint density at radius 3 is 1.80 bits per heavy atom. The van der Waals surface area contributed by atoms with Gasteiger partial charge in [-0.05, 0) is 42.0 Å². The van der Waals surface area contributed by atoms with Crippen LogP contribution in [0, 0.1) is 0 Å². The van der Waals surface area contributed by atoms with Crippen molar-refractivity contribution in [2.45, 2.75) is 29.5 Å². The van der Waals surface area contributed by atoms with E-state index in [1.54, 1.807) is 23.9 Å². The number of alkyl halides is 3. The Morgan fingerprint density at radius 1 is 1.00 bits per heavy atom. The first-order chi connectivity index (χ1) is 11.6. The highest BCUT2D eigenvalue weighted by atomic mass is 32.2. The van der Waals surface area contributed by atoms with E-state index in [0.29, 0.717) is 0 Å². The third-order valence-electron chi connectivity index (χ3n) is 4.13. The van der Waals surface area contributed by atoms with Crippen LogP contribution in [0.5, 0.6) is 0 Å². The lowest BCUT2D eigenvalue weighted by Crippen LogP contribution is -2.57. The molecule has 0 heterocycles. The number of carbonyl (C=O) groups is 1. The largest absolute Gasteiger partial charge is 0.398 e. The summed E-state index contributed by atoms with van der Waals surface area (Å²) in [5.74, 6) is -3.38. The van der Waals surface area contributed by atoms with Crippen LogP contribution in [-0.2, 0) is 4.79 Å². The molecule has 0 radical (unpaired) electrons. The van der Waals surface area contributed by atoms with E-state index in [-0.39, 0.29) is 5.56 Å². The maximum Gasteiger partial charge on any atom is 0.398 e. The molecule has 0 aromatic heterocycles. The van der Waals surface area contributed by atoms with Gasteiger partial charge in [0.1, 0.15) is 11.5 Å². The van der Waals surface area contributed by atoms with E-state index in [0.717, 1.165) is 22.9 Å². The van der Waals surface area contributed by atoms with E-state index in [9.17, 15) is 18.0 Å². The lowest BCUT2D eigenvalue weighted by Gasteiger charge is -2.33. The first kappa shape index (κ1) is 19.3. The summed E-state index contributed by atoms with van der Waals surface area (Å²) in [6.07, 6.45) is -2.73. The summed E-state index contributed by atoms with van der Waals surface area (Å²) in [4.78, 5) is 12.5. The van der Waals surface area contributed by atoms with E-state index in [1.807, 2.05) is 30.5 Å². The van der Waals surface area contributed by atoms with E-state index in [4.69, 9.17) is 11.5 Å². The zero-order valence-electron chi connectivity index (χ0n) is 13.8. The summed E-state index contributed by atoms with van der Waals surface area (Å²) >= 11 is 1.60. The Morgan fingerprint density at radius 2 is 1.44 bits per heavy atom. The molecule has 0 aliphatic rings.